The van der Waals surface area contributed by atoms with Crippen molar-refractivity contribution in [1.29, 1.82) is 0 Å². The van der Waals surface area contributed by atoms with Crippen molar-refractivity contribution >= 4 is 28.6 Å². The molecule has 0 saturated carbocycles. The van der Waals surface area contributed by atoms with Gasteiger partial charge < -0.3 is 9.72 Å². The van der Waals surface area contributed by atoms with E-state index in [0.717, 1.165) is 16.6 Å². The van der Waals surface area contributed by atoms with Crippen molar-refractivity contribution in [2.75, 3.05) is 0 Å². The van der Waals surface area contributed by atoms with Crippen LogP contribution < -0.4 is 10.9 Å². The molecule has 0 fully saturated rings. The summed E-state index contributed by atoms with van der Waals surface area (Å²) in [4.78, 5) is 14.7. The monoisotopic (exact) mass is 295 g/mol. The molecule has 0 spiro atoms. The van der Waals surface area contributed by atoms with Gasteiger partial charge in [0.25, 0.3) is 0 Å². The van der Waals surface area contributed by atoms with Crippen LogP contribution in [-0.2, 0) is 11.3 Å². The molecule has 0 radical (unpaired) electrons. The second kappa shape index (κ2) is 5.73. The molecular weight excluding hydrogens is 278 g/mol. The number of H-pyrrole nitrogens is 1. The van der Waals surface area contributed by atoms with Crippen molar-refractivity contribution in [3.63, 3.8) is 0 Å². The zero-order chi connectivity index (χ0) is 14.8. The Bertz CT molecular complexity index is 616. The van der Waals surface area contributed by atoms with Crippen LogP contribution in [0.3, 0.4) is 0 Å². The molecule has 2 rings (SSSR count). The lowest BCUT2D eigenvalue weighted by molar-refractivity contribution is 0.0497. The number of halogens is 1. The van der Waals surface area contributed by atoms with Crippen molar-refractivity contribution in [1.82, 2.24) is 15.8 Å². The summed E-state index contributed by atoms with van der Waals surface area (Å²) < 4.78 is 5.11. The van der Waals surface area contributed by atoms with Gasteiger partial charge in [-0.05, 0) is 26.8 Å². The Morgan fingerprint density at radius 1 is 1.35 bits per heavy atom. The maximum absolute atomic E-state index is 11.5. The van der Waals surface area contributed by atoms with Crippen LogP contribution in [0, 0.1) is 0 Å². The third kappa shape index (κ3) is 3.65. The van der Waals surface area contributed by atoms with Gasteiger partial charge in [-0.25, -0.2) is 10.2 Å². The maximum atomic E-state index is 11.5. The summed E-state index contributed by atoms with van der Waals surface area (Å²) >= 11 is 6.26. The molecule has 0 unspecified atom stereocenters. The number of carbonyl (C=O) groups excluding carboxylic acids is 1. The summed E-state index contributed by atoms with van der Waals surface area (Å²) in [7, 11) is 0. The van der Waals surface area contributed by atoms with Crippen LogP contribution in [0.5, 0.6) is 0 Å². The first-order valence-electron chi connectivity index (χ1n) is 6.34. The first-order valence-corrected chi connectivity index (χ1v) is 6.71. The second-order valence-corrected chi connectivity index (χ2v) is 5.82. The molecule has 5 nitrogen and oxygen atoms in total. The van der Waals surface area contributed by atoms with Crippen molar-refractivity contribution in [3.05, 3.63) is 35.0 Å². The van der Waals surface area contributed by atoms with E-state index in [9.17, 15) is 4.79 Å². The van der Waals surface area contributed by atoms with Crippen LogP contribution >= 0.6 is 11.6 Å². The topological polar surface area (TPSA) is 66.2 Å². The van der Waals surface area contributed by atoms with Gasteiger partial charge >= 0.3 is 6.09 Å². The third-order valence-corrected chi connectivity index (χ3v) is 3.00. The molecule has 108 valence electrons. The number of hydrogen-bond donors (Lipinski definition) is 3. The first-order chi connectivity index (χ1) is 9.37. The highest BCUT2D eigenvalue weighted by Gasteiger charge is 2.16. The van der Waals surface area contributed by atoms with Crippen molar-refractivity contribution in [3.8, 4) is 0 Å². The van der Waals surface area contributed by atoms with Gasteiger partial charge in [0.05, 0.1) is 17.3 Å². The first kappa shape index (κ1) is 14.7. The van der Waals surface area contributed by atoms with E-state index in [1.165, 1.54) is 0 Å². The van der Waals surface area contributed by atoms with E-state index < -0.39 is 11.7 Å². The standard InChI is InChI=1S/C14H18ClN3O2/c1-14(2,3)20-13(19)18-16-8-11-12(15)9-6-4-5-7-10(9)17-11/h4-7,16-17H,8H2,1-3H3,(H,18,19). The summed E-state index contributed by atoms with van der Waals surface area (Å²) in [5, 5.41) is 1.61. The van der Waals surface area contributed by atoms with Crippen molar-refractivity contribution < 1.29 is 9.53 Å². The number of fused-ring (bicyclic) bond motifs is 1. The predicted molar refractivity (Wildman–Crippen MR) is 79.5 cm³/mol. The summed E-state index contributed by atoms with van der Waals surface area (Å²) in [6.07, 6.45) is -0.523. The molecule has 20 heavy (non-hydrogen) atoms. The summed E-state index contributed by atoms with van der Waals surface area (Å²) in [6, 6.07) is 7.76. The van der Waals surface area contributed by atoms with Crippen LogP contribution in [0.15, 0.2) is 24.3 Å². The molecule has 1 heterocycles. The number of para-hydroxylation sites is 1. The van der Waals surface area contributed by atoms with Gasteiger partial charge in [0, 0.05) is 10.9 Å². The molecule has 0 aliphatic heterocycles. The second-order valence-electron chi connectivity index (χ2n) is 5.44. The van der Waals surface area contributed by atoms with Crippen LogP contribution in [0.4, 0.5) is 4.79 Å². The number of hydrazine groups is 1. The molecule has 1 amide bonds. The Kier molecular flexibility index (Phi) is 4.20. The van der Waals surface area contributed by atoms with Gasteiger partial charge in [-0.2, -0.15) is 0 Å². The summed E-state index contributed by atoms with van der Waals surface area (Å²) in [5.41, 5.74) is 6.51. The predicted octanol–water partition coefficient (Wildman–Crippen LogP) is 3.35. The minimum absolute atomic E-state index is 0.382. The van der Waals surface area contributed by atoms with Gasteiger partial charge in [0.2, 0.25) is 0 Å². The van der Waals surface area contributed by atoms with E-state index in [0.29, 0.717) is 11.6 Å². The number of aromatic amines is 1. The molecule has 3 N–H and O–H groups in total. The van der Waals surface area contributed by atoms with Crippen LogP contribution in [0.2, 0.25) is 5.02 Å². The SMILES string of the molecule is CC(C)(C)OC(=O)NNCc1[nH]c2ccccc2c1Cl. The molecule has 0 aliphatic carbocycles. The minimum Gasteiger partial charge on any atom is -0.443 e. The molecule has 1 aromatic carbocycles. The third-order valence-electron chi connectivity index (χ3n) is 2.57. The smallest absolute Gasteiger partial charge is 0.422 e. The van der Waals surface area contributed by atoms with Gasteiger partial charge in [-0.3, -0.25) is 5.43 Å². The average Bonchev–Trinajstić information content (AvgIpc) is 2.65. The van der Waals surface area contributed by atoms with E-state index in [2.05, 4.69) is 15.8 Å². The lowest BCUT2D eigenvalue weighted by Crippen LogP contribution is -2.40. The van der Waals surface area contributed by atoms with Crippen molar-refractivity contribution in [2.45, 2.75) is 32.9 Å². The number of amides is 1. The molecule has 0 bridgehead atoms. The number of aromatic nitrogens is 1. The van der Waals surface area contributed by atoms with Crippen LogP contribution in [0.25, 0.3) is 10.9 Å². The molecule has 0 aliphatic rings. The van der Waals surface area contributed by atoms with Crippen LogP contribution in [-0.4, -0.2) is 16.7 Å². The zero-order valence-electron chi connectivity index (χ0n) is 11.7. The molecule has 0 saturated heterocycles. The zero-order valence-corrected chi connectivity index (χ0v) is 12.5. The van der Waals surface area contributed by atoms with Gasteiger partial charge in [-0.15, -0.1) is 0 Å². The summed E-state index contributed by atoms with van der Waals surface area (Å²) in [6.45, 7) is 5.80. The maximum Gasteiger partial charge on any atom is 0.422 e. The van der Waals surface area contributed by atoms with E-state index in [1.807, 2.05) is 24.3 Å². The van der Waals surface area contributed by atoms with Gasteiger partial charge in [-0.1, -0.05) is 29.8 Å². The Balaban J connectivity index is 1.93. The fraction of sp³-hybridized carbons (Fsp3) is 0.357. The molecular formula is C14H18ClN3O2. The molecule has 0 atom stereocenters. The lowest BCUT2D eigenvalue weighted by Gasteiger charge is -2.19. The Morgan fingerprint density at radius 2 is 2.05 bits per heavy atom. The van der Waals surface area contributed by atoms with Crippen LogP contribution in [0.1, 0.15) is 26.5 Å². The lowest BCUT2D eigenvalue weighted by atomic mass is 10.2. The number of ether oxygens (including phenoxy) is 1. The van der Waals surface area contributed by atoms with E-state index in [4.69, 9.17) is 16.3 Å². The van der Waals surface area contributed by atoms with E-state index in [1.54, 1.807) is 20.8 Å². The Hall–Kier alpha value is -1.72. The Morgan fingerprint density at radius 3 is 2.70 bits per heavy atom. The number of nitrogens with one attached hydrogen (secondary N) is 3. The minimum atomic E-state index is -0.523. The average molecular weight is 296 g/mol. The largest absolute Gasteiger partial charge is 0.443 e. The number of benzene rings is 1. The molecule has 1 aromatic heterocycles. The van der Waals surface area contributed by atoms with Crippen molar-refractivity contribution in [2.24, 2.45) is 0 Å². The van der Waals surface area contributed by atoms with Gasteiger partial charge in [0.1, 0.15) is 5.60 Å². The highest BCUT2D eigenvalue weighted by atomic mass is 35.5. The molecule has 6 heteroatoms. The van der Waals surface area contributed by atoms with E-state index >= 15 is 0 Å². The highest BCUT2D eigenvalue weighted by molar-refractivity contribution is 6.36. The Labute approximate surface area is 122 Å². The fourth-order valence-corrected chi connectivity index (χ4v) is 2.07. The van der Waals surface area contributed by atoms with Gasteiger partial charge in [0.15, 0.2) is 0 Å². The molecule has 2 aromatic rings. The number of hydrogen-bond acceptors (Lipinski definition) is 3. The fourth-order valence-electron chi connectivity index (χ4n) is 1.79. The quantitative estimate of drug-likeness (QED) is 0.761. The summed E-state index contributed by atoms with van der Waals surface area (Å²) in [5.74, 6) is 0. The van der Waals surface area contributed by atoms with E-state index in [-0.39, 0.29) is 0 Å². The number of carbonyl (C=O) groups is 1. The highest BCUT2D eigenvalue weighted by Crippen LogP contribution is 2.26. The number of rotatable bonds is 3. The normalized spacial score (nSPS) is 11.6.